The van der Waals surface area contributed by atoms with Crippen molar-refractivity contribution < 1.29 is 0 Å². The molecule has 1 aromatic carbocycles. The lowest BCUT2D eigenvalue weighted by molar-refractivity contribution is 1.23. The number of nitrogens with two attached hydrogens (primary N) is 2. The zero-order valence-electron chi connectivity index (χ0n) is 9.84. The highest BCUT2D eigenvalue weighted by Crippen LogP contribution is 2.36. The van der Waals surface area contributed by atoms with Crippen LogP contribution in [0.4, 0.5) is 11.4 Å². The molecule has 3 aromatic rings. The predicted octanol–water partition coefficient (Wildman–Crippen LogP) is 2.83. The minimum atomic E-state index is 0.572. The highest BCUT2D eigenvalue weighted by atomic mass is 32.1. The van der Waals surface area contributed by atoms with E-state index in [2.05, 4.69) is 15.3 Å². The summed E-state index contributed by atoms with van der Waals surface area (Å²) in [5.41, 5.74) is 15.9. The Morgan fingerprint density at radius 2 is 2.00 bits per heavy atom. The molecule has 0 bridgehead atoms. The summed E-state index contributed by atoms with van der Waals surface area (Å²) < 4.78 is 0. The molecule has 0 atom stereocenters. The van der Waals surface area contributed by atoms with Crippen molar-refractivity contribution in [1.82, 2.24) is 9.97 Å². The van der Waals surface area contributed by atoms with E-state index in [0.29, 0.717) is 11.4 Å². The summed E-state index contributed by atoms with van der Waals surface area (Å²) in [5.74, 6) is 0. The van der Waals surface area contributed by atoms with Crippen LogP contribution in [-0.4, -0.2) is 9.97 Å². The monoisotopic (exact) mass is 256 g/mol. The summed E-state index contributed by atoms with van der Waals surface area (Å²) in [7, 11) is 0. The molecule has 2 heterocycles. The number of hydrogen-bond acceptors (Lipinski definition) is 5. The lowest BCUT2D eigenvalue weighted by atomic mass is 10.0. The number of aromatic nitrogens is 2. The first-order valence-electron chi connectivity index (χ1n) is 5.51. The number of nitrogens with zero attached hydrogens (tertiary/aromatic N) is 2. The lowest BCUT2D eigenvalue weighted by Gasteiger charge is -2.08. The second kappa shape index (κ2) is 3.96. The van der Waals surface area contributed by atoms with E-state index in [1.54, 1.807) is 23.7 Å². The molecule has 0 aliphatic heterocycles. The number of anilines is 2. The van der Waals surface area contributed by atoms with Gasteiger partial charge in [0.1, 0.15) is 11.2 Å². The Hall–Kier alpha value is -2.14. The van der Waals surface area contributed by atoms with Crippen LogP contribution in [0, 0.1) is 6.92 Å². The third-order valence-corrected chi connectivity index (χ3v) is 3.95. The summed E-state index contributed by atoms with van der Waals surface area (Å²) >= 11 is 1.61. The number of hydrogen-bond donors (Lipinski definition) is 2. The van der Waals surface area contributed by atoms with Crippen molar-refractivity contribution >= 4 is 32.9 Å². The van der Waals surface area contributed by atoms with Crippen LogP contribution in [0.15, 0.2) is 29.9 Å². The summed E-state index contributed by atoms with van der Waals surface area (Å²) in [6.07, 6.45) is 1.57. The van der Waals surface area contributed by atoms with Gasteiger partial charge in [0.05, 0.1) is 17.1 Å². The van der Waals surface area contributed by atoms with Gasteiger partial charge in [-0.3, -0.25) is 0 Å². The first-order chi connectivity index (χ1) is 8.68. The molecule has 0 radical (unpaired) electrons. The van der Waals surface area contributed by atoms with Gasteiger partial charge in [-0.25, -0.2) is 9.97 Å². The van der Waals surface area contributed by atoms with Gasteiger partial charge in [0.2, 0.25) is 0 Å². The minimum Gasteiger partial charge on any atom is -0.397 e. The number of para-hydroxylation sites is 1. The van der Waals surface area contributed by atoms with E-state index in [0.717, 1.165) is 27.0 Å². The van der Waals surface area contributed by atoms with Gasteiger partial charge in [0, 0.05) is 10.9 Å². The van der Waals surface area contributed by atoms with Crippen molar-refractivity contribution in [3.8, 4) is 11.3 Å². The molecule has 0 amide bonds. The zero-order chi connectivity index (χ0) is 12.7. The molecule has 0 aliphatic carbocycles. The van der Waals surface area contributed by atoms with Crippen LogP contribution in [0.1, 0.15) is 5.56 Å². The molecule has 90 valence electrons. The standard InChI is InChI=1S/C13H12N4S/c1-7-5-18-13-10(7)12(16-6-17-13)8-3-2-4-9(14)11(8)15/h2-6H,14-15H2,1H3. The van der Waals surface area contributed by atoms with E-state index in [-0.39, 0.29) is 0 Å². The normalized spacial score (nSPS) is 10.9. The topological polar surface area (TPSA) is 77.8 Å². The summed E-state index contributed by atoms with van der Waals surface area (Å²) in [4.78, 5) is 9.62. The zero-order valence-corrected chi connectivity index (χ0v) is 10.7. The van der Waals surface area contributed by atoms with Crippen LogP contribution in [0.3, 0.4) is 0 Å². The molecular weight excluding hydrogens is 244 g/mol. The first-order valence-corrected chi connectivity index (χ1v) is 6.39. The average Bonchev–Trinajstić information content (AvgIpc) is 2.75. The Morgan fingerprint density at radius 1 is 1.17 bits per heavy atom. The molecule has 0 saturated heterocycles. The SMILES string of the molecule is Cc1csc2ncnc(-c3cccc(N)c3N)c12. The van der Waals surface area contributed by atoms with E-state index in [1.165, 1.54) is 0 Å². The quantitative estimate of drug-likeness (QED) is 0.656. The van der Waals surface area contributed by atoms with Gasteiger partial charge < -0.3 is 11.5 Å². The van der Waals surface area contributed by atoms with E-state index in [9.17, 15) is 0 Å². The maximum absolute atomic E-state index is 6.04. The van der Waals surface area contributed by atoms with E-state index in [4.69, 9.17) is 11.5 Å². The van der Waals surface area contributed by atoms with E-state index < -0.39 is 0 Å². The molecule has 4 nitrogen and oxygen atoms in total. The Morgan fingerprint density at radius 3 is 2.83 bits per heavy atom. The molecule has 3 rings (SSSR count). The van der Waals surface area contributed by atoms with Crippen LogP contribution in [0.2, 0.25) is 0 Å². The maximum Gasteiger partial charge on any atom is 0.127 e. The van der Waals surface area contributed by atoms with Crippen LogP contribution >= 0.6 is 11.3 Å². The van der Waals surface area contributed by atoms with Crippen molar-refractivity contribution in [2.45, 2.75) is 6.92 Å². The van der Waals surface area contributed by atoms with E-state index >= 15 is 0 Å². The van der Waals surface area contributed by atoms with Gasteiger partial charge in [-0.1, -0.05) is 12.1 Å². The summed E-state index contributed by atoms with van der Waals surface area (Å²) in [6, 6.07) is 5.61. The summed E-state index contributed by atoms with van der Waals surface area (Å²) in [6.45, 7) is 2.05. The fourth-order valence-corrected chi connectivity index (χ4v) is 2.90. The van der Waals surface area contributed by atoms with E-state index in [1.807, 2.05) is 19.1 Å². The Labute approximate surface area is 108 Å². The molecule has 2 aromatic heterocycles. The predicted molar refractivity (Wildman–Crippen MR) is 76.4 cm³/mol. The van der Waals surface area contributed by atoms with Gasteiger partial charge >= 0.3 is 0 Å². The average molecular weight is 256 g/mol. The molecule has 0 saturated carbocycles. The van der Waals surface area contributed by atoms with Crippen molar-refractivity contribution in [1.29, 1.82) is 0 Å². The van der Waals surface area contributed by atoms with Gasteiger partial charge in [0.15, 0.2) is 0 Å². The molecule has 4 N–H and O–H groups in total. The van der Waals surface area contributed by atoms with Gasteiger partial charge in [-0.05, 0) is 23.9 Å². The number of nitrogen functional groups attached to an aromatic ring is 2. The van der Waals surface area contributed by atoms with Crippen LogP contribution in [0.25, 0.3) is 21.5 Å². The molecule has 5 heteroatoms. The fourth-order valence-electron chi connectivity index (χ4n) is 2.01. The van der Waals surface area contributed by atoms with Gasteiger partial charge in [-0.2, -0.15) is 0 Å². The highest BCUT2D eigenvalue weighted by Gasteiger charge is 2.13. The van der Waals surface area contributed by atoms with Crippen LogP contribution < -0.4 is 11.5 Å². The second-order valence-electron chi connectivity index (χ2n) is 4.13. The molecule has 0 aliphatic rings. The minimum absolute atomic E-state index is 0.572. The van der Waals surface area contributed by atoms with Crippen LogP contribution in [0.5, 0.6) is 0 Å². The van der Waals surface area contributed by atoms with Gasteiger partial charge in [-0.15, -0.1) is 11.3 Å². The number of thiophene rings is 1. The molecule has 0 unspecified atom stereocenters. The maximum atomic E-state index is 6.04. The third kappa shape index (κ3) is 1.52. The highest BCUT2D eigenvalue weighted by molar-refractivity contribution is 7.17. The van der Waals surface area contributed by atoms with Crippen molar-refractivity contribution in [3.63, 3.8) is 0 Å². The van der Waals surface area contributed by atoms with Crippen molar-refractivity contribution in [2.24, 2.45) is 0 Å². The second-order valence-corrected chi connectivity index (χ2v) is 4.99. The molecule has 18 heavy (non-hydrogen) atoms. The lowest BCUT2D eigenvalue weighted by Crippen LogP contribution is -1.98. The Balaban J connectivity index is 2.38. The summed E-state index contributed by atoms with van der Waals surface area (Å²) in [5, 5.41) is 3.13. The largest absolute Gasteiger partial charge is 0.397 e. The first kappa shape index (κ1) is 11.0. The number of aryl methyl sites for hydroxylation is 1. The molecule has 0 fully saturated rings. The number of rotatable bonds is 1. The Kier molecular flexibility index (Phi) is 2.41. The smallest absolute Gasteiger partial charge is 0.127 e. The van der Waals surface area contributed by atoms with Crippen molar-refractivity contribution in [2.75, 3.05) is 11.5 Å². The number of benzene rings is 1. The van der Waals surface area contributed by atoms with Crippen molar-refractivity contribution in [3.05, 3.63) is 35.5 Å². The Bertz CT molecular complexity index is 733. The van der Waals surface area contributed by atoms with Crippen LogP contribution in [-0.2, 0) is 0 Å². The molecule has 0 spiro atoms. The third-order valence-electron chi connectivity index (χ3n) is 2.95. The van der Waals surface area contributed by atoms with Gasteiger partial charge in [0.25, 0.3) is 0 Å². The molecular formula is C13H12N4S. The number of fused-ring (bicyclic) bond motifs is 1. The fraction of sp³-hybridized carbons (Fsp3) is 0.0769.